The molecule has 0 aromatic heterocycles. The number of hydrogen-bond donors (Lipinski definition) is 2. The molecule has 2 N–H and O–H groups in total. The van der Waals surface area contributed by atoms with Gasteiger partial charge in [0, 0.05) is 6.42 Å². The molecule has 0 saturated carbocycles. The molecule has 1 aromatic carbocycles. The van der Waals surface area contributed by atoms with Crippen molar-refractivity contribution in [2.45, 2.75) is 37.9 Å². The maximum absolute atomic E-state index is 12.2. The fourth-order valence-electron chi connectivity index (χ4n) is 2.43. The predicted octanol–water partition coefficient (Wildman–Crippen LogP) is 1.85. The Kier molecular flexibility index (Phi) is 4.20. The summed E-state index contributed by atoms with van der Waals surface area (Å²) < 4.78 is 36.6. The van der Waals surface area contributed by atoms with E-state index < -0.39 is 24.1 Å². The molecule has 114 valence electrons. The van der Waals surface area contributed by atoms with Gasteiger partial charge in [-0.3, -0.25) is 4.79 Å². The van der Waals surface area contributed by atoms with Gasteiger partial charge in [-0.05, 0) is 36.0 Å². The molecule has 0 bridgehead atoms. The van der Waals surface area contributed by atoms with E-state index in [2.05, 4.69) is 0 Å². The molecule has 0 fully saturated rings. The predicted molar refractivity (Wildman–Crippen MR) is 67.8 cm³/mol. The molecule has 7 heteroatoms. The molecule has 0 unspecified atom stereocenters. The summed E-state index contributed by atoms with van der Waals surface area (Å²) in [6.45, 7) is 0. The number of carbonyl (C=O) groups is 2. The minimum absolute atomic E-state index is 0.176. The summed E-state index contributed by atoms with van der Waals surface area (Å²) >= 11 is 0. The van der Waals surface area contributed by atoms with Crippen LogP contribution in [0.2, 0.25) is 0 Å². The molecule has 0 spiro atoms. The number of amides is 1. The highest BCUT2D eigenvalue weighted by atomic mass is 19.4. The van der Waals surface area contributed by atoms with Crippen molar-refractivity contribution in [3.05, 3.63) is 34.9 Å². The van der Waals surface area contributed by atoms with E-state index in [1.54, 1.807) is 12.1 Å². The minimum Gasteiger partial charge on any atom is -0.480 e. The third kappa shape index (κ3) is 3.74. The Balaban J connectivity index is 2.10. The van der Waals surface area contributed by atoms with Gasteiger partial charge in [-0.25, -0.2) is 4.79 Å². The maximum Gasteiger partial charge on any atom is 0.471 e. The molecule has 1 aliphatic rings. The van der Waals surface area contributed by atoms with E-state index in [-0.39, 0.29) is 6.42 Å². The fourth-order valence-corrected chi connectivity index (χ4v) is 2.43. The normalized spacial score (nSPS) is 15.4. The second kappa shape index (κ2) is 5.75. The van der Waals surface area contributed by atoms with Crippen LogP contribution in [0.3, 0.4) is 0 Å². The lowest BCUT2D eigenvalue weighted by Gasteiger charge is -2.16. The van der Waals surface area contributed by atoms with Gasteiger partial charge < -0.3 is 10.4 Å². The zero-order valence-electron chi connectivity index (χ0n) is 11.0. The number of aliphatic carboxylic acids is 1. The first-order valence-electron chi connectivity index (χ1n) is 6.48. The number of carboxylic acid groups (broad SMARTS) is 1. The van der Waals surface area contributed by atoms with Crippen molar-refractivity contribution >= 4 is 11.9 Å². The van der Waals surface area contributed by atoms with Crippen LogP contribution in [0.1, 0.15) is 23.1 Å². The summed E-state index contributed by atoms with van der Waals surface area (Å²) in [5.74, 6) is -3.73. The topological polar surface area (TPSA) is 66.4 Å². The van der Waals surface area contributed by atoms with Crippen LogP contribution in [0.25, 0.3) is 0 Å². The summed E-state index contributed by atoms with van der Waals surface area (Å²) in [7, 11) is 0. The number of benzene rings is 1. The van der Waals surface area contributed by atoms with Crippen molar-refractivity contribution in [3.63, 3.8) is 0 Å². The fraction of sp³-hybridized carbons (Fsp3) is 0.429. The highest BCUT2D eigenvalue weighted by Crippen LogP contribution is 2.23. The van der Waals surface area contributed by atoms with Gasteiger partial charge in [0.15, 0.2) is 0 Å². The minimum atomic E-state index is -5.09. The number of carboxylic acids is 1. The van der Waals surface area contributed by atoms with Crippen molar-refractivity contribution in [2.24, 2.45) is 0 Å². The van der Waals surface area contributed by atoms with Gasteiger partial charge in [0.1, 0.15) is 6.04 Å². The summed E-state index contributed by atoms with van der Waals surface area (Å²) in [4.78, 5) is 21.9. The highest BCUT2D eigenvalue weighted by Gasteiger charge is 2.40. The molecule has 0 heterocycles. The van der Waals surface area contributed by atoms with Crippen molar-refractivity contribution in [3.8, 4) is 0 Å². The molecule has 1 aliphatic carbocycles. The van der Waals surface area contributed by atoms with E-state index in [9.17, 15) is 22.8 Å². The molecule has 21 heavy (non-hydrogen) atoms. The molecule has 0 aliphatic heterocycles. The van der Waals surface area contributed by atoms with Gasteiger partial charge in [-0.2, -0.15) is 13.2 Å². The Morgan fingerprint density at radius 1 is 1.24 bits per heavy atom. The molecular weight excluding hydrogens is 287 g/mol. The number of halogens is 3. The average molecular weight is 301 g/mol. The van der Waals surface area contributed by atoms with Crippen LogP contribution < -0.4 is 5.32 Å². The summed E-state index contributed by atoms with van der Waals surface area (Å²) in [5, 5.41) is 10.5. The lowest BCUT2D eigenvalue weighted by Crippen LogP contribution is -2.47. The van der Waals surface area contributed by atoms with Gasteiger partial charge in [0.05, 0.1) is 0 Å². The number of fused-ring (bicyclic) bond motifs is 1. The molecule has 0 radical (unpaired) electrons. The molecule has 1 atom stereocenters. The van der Waals surface area contributed by atoms with E-state index >= 15 is 0 Å². The molecule has 1 amide bonds. The van der Waals surface area contributed by atoms with Crippen molar-refractivity contribution < 1.29 is 27.9 Å². The van der Waals surface area contributed by atoms with E-state index in [0.29, 0.717) is 5.56 Å². The van der Waals surface area contributed by atoms with Crippen molar-refractivity contribution in [1.82, 2.24) is 5.32 Å². The molecule has 2 rings (SSSR count). The molecular formula is C14H14F3NO3. The van der Waals surface area contributed by atoms with Gasteiger partial charge in [-0.15, -0.1) is 0 Å². The van der Waals surface area contributed by atoms with Crippen molar-refractivity contribution in [2.75, 3.05) is 0 Å². The van der Waals surface area contributed by atoms with Crippen LogP contribution in [-0.2, 0) is 28.9 Å². The zero-order valence-corrected chi connectivity index (χ0v) is 11.0. The second-order valence-corrected chi connectivity index (χ2v) is 5.02. The lowest BCUT2D eigenvalue weighted by atomic mass is 10.0. The maximum atomic E-state index is 12.2. The van der Waals surface area contributed by atoms with Gasteiger partial charge in [-0.1, -0.05) is 18.2 Å². The SMILES string of the molecule is O=C(O)[C@@H](Cc1ccc2c(c1)CCC2)NC(=O)C(F)(F)F. The monoisotopic (exact) mass is 301 g/mol. The smallest absolute Gasteiger partial charge is 0.471 e. The largest absolute Gasteiger partial charge is 0.480 e. The quantitative estimate of drug-likeness (QED) is 0.892. The molecule has 0 saturated heterocycles. The van der Waals surface area contributed by atoms with Crippen LogP contribution in [0.4, 0.5) is 13.2 Å². The number of aryl methyl sites for hydroxylation is 2. The van der Waals surface area contributed by atoms with E-state index in [4.69, 9.17) is 5.11 Å². The van der Waals surface area contributed by atoms with Crippen LogP contribution in [0, 0.1) is 0 Å². The Morgan fingerprint density at radius 3 is 2.52 bits per heavy atom. The Hall–Kier alpha value is -2.05. The highest BCUT2D eigenvalue weighted by molar-refractivity contribution is 5.87. The first kappa shape index (κ1) is 15.3. The van der Waals surface area contributed by atoms with Crippen LogP contribution >= 0.6 is 0 Å². The Labute approximate surface area is 119 Å². The lowest BCUT2D eigenvalue weighted by molar-refractivity contribution is -0.175. The Bertz CT molecular complexity index is 569. The first-order valence-corrected chi connectivity index (χ1v) is 6.48. The van der Waals surface area contributed by atoms with Crippen LogP contribution in [0.5, 0.6) is 0 Å². The number of alkyl halides is 3. The number of carbonyl (C=O) groups excluding carboxylic acids is 1. The summed E-state index contributed by atoms with van der Waals surface area (Å²) in [6, 6.07) is 3.76. The van der Waals surface area contributed by atoms with Gasteiger partial charge >= 0.3 is 18.1 Å². The van der Waals surface area contributed by atoms with Gasteiger partial charge in [0.25, 0.3) is 0 Å². The summed E-state index contributed by atoms with van der Waals surface area (Å²) in [5.41, 5.74) is 2.88. The third-order valence-electron chi connectivity index (χ3n) is 3.46. The van der Waals surface area contributed by atoms with Crippen molar-refractivity contribution in [1.29, 1.82) is 0 Å². The van der Waals surface area contributed by atoms with Crippen LogP contribution in [0.15, 0.2) is 18.2 Å². The van der Waals surface area contributed by atoms with E-state index in [1.807, 2.05) is 6.07 Å². The number of nitrogens with one attached hydrogen (secondary N) is 1. The number of hydrogen-bond acceptors (Lipinski definition) is 2. The first-order chi connectivity index (χ1) is 9.77. The Morgan fingerprint density at radius 2 is 1.90 bits per heavy atom. The third-order valence-corrected chi connectivity index (χ3v) is 3.46. The van der Waals surface area contributed by atoms with Gasteiger partial charge in [0.2, 0.25) is 0 Å². The number of rotatable bonds is 4. The summed E-state index contributed by atoms with van der Waals surface area (Å²) in [6.07, 6.45) is -2.40. The zero-order chi connectivity index (χ0) is 15.6. The molecule has 1 aromatic rings. The molecule has 4 nitrogen and oxygen atoms in total. The average Bonchev–Trinajstić information content (AvgIpc) is 2.83. The second-order valence-electron chi connectivity index (χ2n) is 5.02. The van der Waals surface area contributed by atoms with E-state index in [0.717, 1.165) is 24.8 Å². The standard InChI is InChI=1S/C14H14F3NO3/c15-14(16,17)13(21)18-11(12(19)20)7-8-4-5-9-2-1-3-10(9)6-8/h4-6,11H,1-3,7H2,(H,18,21)(H,19,20)/t11-/m1/s1. The van der Waals surface area contributed by atoms with Crippen LogP contribution in [-0.4, -0.2) is 29.2 Å². The van der Waals surface area contributed by atoms with E-state index in [1.165, 1.54) is 10.9 Å².